The van der Waals surface area contributed by atoms with Gasteiger partial charge in [0, 0.05) is 6.61 Å². The van der Waals surface area contributed by atoms with Gasteiger partial charge in [-0.05, 0) is 311 Å². The summed E-state index contributed by atoms with van der Waals surface area (Å²) in [4.78, 5) is 0. The highest BCUT2D eigenvalue weighted by Gasteiger charge is 2.48. The monoisotopic (exact) mass is 1820 g/mol. The van der Waals surface area contributed by atoms with E-state index < -0.39 is 33.3 Å². The maximum Gasteiger partial charge on any atom is 0.192 e. The second-order valence-corrected chi connectivity index (χ2v) is 66.7. The number of aryl methyl sites for hydroxylation is 2. The van der Waals surface area contributed by atoms with Crippen molar-refractivity contribution in [3.63, 3.8) is 0 Å². The fourth-order valence-corrected chi connectivity index (χ4v) is 26.5. The van der Waals surface area contributed by atoms with Crippen LogP contribution in [0, 0.1) is 109 Å². The normalized spacial score (nSPS) is 26.0. The van der Waals surface area contributed by atoms with Crippen LogP contribution in [-0.4, -0.2) is 79.6 Å². The lowest BCUT2D eigenvalue weighted by Gasteiger charge is -2.39. The van der Waals surface area contributed by atoms with Crippen molar-refractivity contribution in [2.75, 3.05) is 6.61 Å². The van der Waals surface area contributed by atoms with E-state index in [1.807, 2.05) is 24.3 Å². The molecule has 720 valence electrons. The van der Waals surface area contributed by atoms with Gasteiger partial charge in [0.25, 0.3) is 0 Å². The van der Waals surface area contributed by atoms with Gasteiger partial charge >= 0.3 is 0 Å². The Morgan fingerprint density at radius 1 is 0.378 bits per heavy atom. The predicted octanol–water partition coefficient (Wildman–Crippen LogP) is 34.0. The first-order chi connectivity index (χ1) is 59.5. The Kier molecular flexibility index (Phi) is 45.5. The van der Waals surface area contributed by atoms with E-state index in [4.69, 9.17) is 17.7 Å². The third-order valence-corrected chi connectivity index (χ3v) is 51.3. The number of aromatic hydroxyl groups is 2. The molecule has 9 rings (SSSR count). The number of phenols is 2. The molecule has 0 aromatic heterocycles. The number of rotatable bonds is 41. The van der Waals surface area contributed by atoms with Gasteiger partial charge in [-0.25, -0.2) is 0 Å². The number of phenolic OH excluding ortho intramolecular Hbond substituents is 2. The number of fused-ring (bicyclic) bond motifs is 2. The maximum absolute atomic E-state index is 10.3. The van der Waals surface area contributed by atoms with Crippen LogP contribution in [-0.2, 0) is 49.8 Å². The van der Waals surface area contributed by atoms with Crippen LogP contribution in [0.1, 0.15) is 333 Å². The summed E-state index contributed by atoms with van der Waals surface area (Å²) in [5.41, 5.74) is 9.45. The summed E-state index contributed by atoms with van der Waals surface area (Å²) in [6.45, 7) is 75.4. The van der Waals surface area contributed by atoms with E-state index in [1.54, 1.807) is 6.07 Å². The molecule has 127 heavy (non-hydrogen) atoms. The lowest BCUT2D eigenvalue weighted by Crippen LogP contribution is -2.43. The van der Waals surface area contributed by atoms with Crippen LogP contribution in [0.5, 0.6) is 11.5 Å². The van der Waals surface area contributed by atoms with Gasteiger partial charge in [0.2, 0.25) is 0 Å². The van der Waals surface area contributed by atoms with Crippen molar-refractivity contribution >= 4 is 33.3 Å². The van der Waals surface area contributed by atoms with Crippen LogP contribution in [0.2, 0.25) is 72.5 Å². The zero-order chi connectivity index (χ0) is 94.6. The molecule has 7 nitrogen and oxygen atoms in total. The molecular formula is C116H198O7Si4. The molecular weight excluding hydrogens is 1620 g/mol. The van der Waals surface area contributed by atoms with Gasteiger partial charge in [-0.2, -0.15) is 0 Å². The fourth-order valence-electron chi connectivity index (χ4n) is 21.2. The number of hydrogen-bond donors (Lipinski definition) is 3. The van der Waals surface area contributed by atoms with E-state index in [2.05, 4.69) is 328 Å². The minimum atomic E-state index is -1.82. The van der Waals surface area contributed by atoms with E-state index in [1.165, 1.54) is 155 Å². The second kappa shape index (κ2) is 51.7. The lowest BCUT2D eigenvalue weighted by atomic mass is 9.74. The van der Waals surface area contributed by atoms with Crippen molar-refractivity contribution in [3.05, 3.63) is 179 Å². The Bertz CT molecular complexity index is 3620. The number of hydrogen-bond acceptors (Lipinski definition) is 7. The first-order valence-corrected chi connectivity index (χ1v) is 63.8. The first kappa shape index (κ1) is 112. The summed E-state index contributed by atoms with van der Waals surface area (Å²) >= 11 is 0. The largest absolute Gasteiger partial charge is 0.508 e. The van der Waals surface area contributed by atoms with Gasteiger partial charge in [-0.3, -0.25) is 0 Å². The number of allylic oxidation sites excluding steroid dienone is 4. The molecule has 0 saturated heterocycles. The Labute approximate surface area is 788 Å². The molecule has 0 spiro atoms. The highest BCUT2D eigenvalue weighted by atomic mass is 28.4. The third kappa shape index (κ3) is 34.5. The zero-order valence-electron chi connectivity index (χ0n) is 88.1. The van der Waals surface area contributed by atoms with E-state index in [0.29, 0.717) is 89.1 Å². The molecule has 0 unspecified atom stereocenters. The van der Waals surface area contributed by atoms with Crippen molar-refractivity contribution in [2.45, 2.75) is 436 Å². The first-order valence-electron chi connectivity index (χ1n) is 52.2. The minimum absolute atomic E-state index is 0.211. The SMILES string of the molecule is CCCCC[C@@H](/C=C/[C@@H]1[C@@H](Cc2cccc(C)c2)[C@@H](CC)C[C@H]1C)O[Si](C)(C)C(C)(C)C.CCCCC[C@@H](/C=C/[C@@H]1[C@@H](Cc2cccc(C)c2)[C@@H](CO)C[C@H]1C)O[Si](C)(C)C(C)(C)C.CCCCC[C@@H](/C=C/[C@@H]1[C@@H](Cc2cccc(O)c2)[C@@H](CC)C[C@H]1C)O[Si](C)(C)C(C)(C)C.CCCCC[C@@H](/C=C/[C@@H]1[C@H]2Cc3cccc(O)c3C[C@H]2C[C@H]1C)O[Si](C)(C)C(C)(C)C. The van der Waals surface area contributed by atoms with E-state index >= 15 is 0 Å². The maximum atomic E-state index is 10.3. The van der Waals surface area contributed by atoms with Crippen LogP contribution < -0.4 is 0 Å². The molecule has 4 aromatic carbocycles. The van der Waals surface area contributed by atoms with Crippen molar-refractivity contribution in [1.82, 2.24) is 0 Å². The Hall–Kier alpha value is -3.89. The smallest absolute Gasteiger partial charge is 0.192 e. The van der Waals surface area contributed by atoms with Crippen molar-refractivity contribution in [2.24, 2.45) is 94.7 Å². The van der Waals surface area contributed by atoms with Gasteiger partial charge in [0.05, 0.1) is 24.4 Å². The predicted molar refractivity (Wildman–Crippen MR) is 563 cm³/mol. The average molecular weight is 1820 g/mol. The highest BCUT2D eigenvalue weighted by molar-refractivity contribution is 6.75. The molecule has 0 radical (unpaired) electrons. The van der Waals surface area contributed by atoms with Crippen LogP contribution in [0.25, 0.3) is 0 Å². The topological polar surface area (TPSA) is 97.6 Å². The summed E-state index contributed by atoms with van der Waals surface area (Å²) in [5.74, 6) is 11.3. The number of aliphatic hydroxyl groups is 1. The van der Waals surface area contributed by atoms with Gasteiger partial charge in [0.15, 0.2) is 33.3 Å². The van der Waals surface area contributed by atoms with Crippen LogP contribution in [0.3, 0.4) is 0 Å². The van der Waals surface area contributed by atoms with E-state index in [9.17, 15) is 15.3 Å². The highest BCUT2D eigenvalue weighted by Crippen LogP contribution is 2.53. The van der Waals surface area contributed by atoms with Crippen molar-refractivity contribution in [1.29, 1.82) is 0 Å². The molecule has 20 atom stereocenters. The number of aliphatic hydroxyl groups excluding tert-OH is 1. The van der Waals surface area contributed by atoms with E-state index in [0.717, 1.165) is 81.5 Å². The zero-order valence-corrected chi connectivity index (χ0v) is 92.1. The molecule has 0 amide bonds. The molecule has 5 aliphatic carbocycles. The molecule has 4 saturated carbocycles. The van der Waals surface area contributed by atoms with Crippen LogP contribution >= 0.6 is 0 Å². The van der Waals surface area contributed by atoms with Crippen LogP contribution in [0.15, 0.2) is 140 Å². The standard InChI is InChI=1S/C30H52OSi.2C29H50O2Si.C28H46O2Si/c1-10-12-13-17-27(31-32(8,9)30(5,6)7)18-19-28-24(4)21-26(11-2)29(28)22-25-16-14-15-23(3)20-25;1-9-10-11-15-26(31-32(7,8)29(4,5)6)16-17-27-23(3)19-25(21-30)28(27)20-24-14-12-13-22(2)18-24;1-9-11-12-16-26(31-32(7,8)29(4,5)6)17-18-27-22(3)19-24(10-2)28(27)21-23-14-13-15-25(30)20-23;1-8-9-10-13-23(30-31(6,7)28(3,4)5)15-16-24-20(2)17-22-19-26-21(18-25(22)24)12-11-14-27(26)29/h14-16,18-20,24,26-29H,10-13,17,21-22H2,1-9H3;12-14,16-18,23,25-28,30H,9-11,15,19-21H2,1-8H3;13-15,17-18,20,22,24,26-28,30H,9-12,16,19,21H2,1-8H3;11-12,14-16,20,22-25,29H,8-10,13,17-19H2,1-7H3/b19-18+;17-16+;18-17+;16-15+/t24-,26+,27+,28+,29+;23-,25-,26+,27+,28+;22-,24+,26+,27+,28+;20-,22-,23+,24+,25+/m1111/s1. The number of benzene rings is 4. The van der Waals surface area contributed by atoms with Gasteiger partial charge in [0.1, 0.15) is 11.5 Å². The Balaban J connectivity index is 0.000000261. The van der Waals surface area contributed by atoms with Crippen molar-refractivity contribution < 1.29 is 33.0 Å². The molecule has 11 heteroatoms. The molecule has 0 bridgehead atoms. The van der Waals surface area contributed by atoms with E-state index in [-0.39, 0.29) is 44.6 Å². The molecule has 4 fully saturated rings. The third-order valence-electron chi connectivity index (χ3n) is 33.2. The molecule has 5 aliphatic rings. The Morgan fingerprint density at radius 3 is 1.00 bits per heavy atom. The van der Waals surface area contributed by atoms with Gasteiger partial charge < -0.3 is 33.0 Å². The fraction of sp³-hybridized carbons (Fsp3) is 0.724. The summed E-state index contributed by atoms with van der Waals surface area (Å²) in [7, 11) is -7.19. The van der Waals surface area contributed by atoms with Gasteiger partial charge in [-0.15, -0.1) is 0 Å². The quantitative estimate of drug-likeness (QED) is 0.0231. The summed E-state index contributed by atoms with van der Waals surface area (Å²) < 4.78 is 27.5. The summed E-state index contributed by atoms with van der Waals surface area (Å²) in [5, 5.41) is 31.4. The summed E-state index contributed by atoms with van der Waals surface area (Å²) in [6, 6.07) is 32.0. The lowest BCUT2D eigenvalue weighted by molar-refractivity contribution is 0.184. The summed E-state index contributed by atoms with van der Waals surface area (Å²) in [6.07, 6.45) is 53.6. The minimum Gasteiger partial charge on any atom is -0.508 e. The van der Waals surface area contributed by atoms with Crippen LogP contribution in [0.4, 0.5) is 0 Å². The van der Waals surface area contributed by atoms with Gasteiger partial charge in [-0.1, -0.05) is 375 Å². The molecule has 0 heterocycles. The molecule has 3 N–H and O–H groups in total. The Morgan fingerprint density at radius 2 is 0.685 bits per heavy atom. The van der Waals surface area contributed by atoms with Crippen molar-refractivity contribution in [3.8, 4) is 11.5 Å². The second-order valence-electron chi connectivity index (χ2n) is 47.6. The number of unbranched alkanes of at least 4 members (excludes halogenated alkanes) is 8. The molecule has 4 aromatic rings. The molecule has 0 aliphatic heterocycles. The average Bonchev–Trinajstić information content (AvgIpc) is 1.64.